The molecule has 3 aromatic heterocycles. The normalized spacial score (nSPS) is 18.4. The molecule has 31 heavy (non-hydrogen) atoms. The number of carbonyl (C=O) groups excluding carboxylic acids is 1. The molecule has 5 rings (SSSR count). The Hall–Kier alpha value is -2.10. The molecule has 164 valence electrons. The van der Waals surface area contributed by atoms with E-state index in [1.54, 1.807) is 28.0 Å². The smallest absolute Gasteiger partial charge is 0.373 e. The summed E-state index contributed by atoms with van der Waals surface area (Å²) in [6, 6.07) is 3.36. The van der Waals surface area contributed by atoms with E-state index in [1.807, 2.05) is 0 Å². The van der Waals surface area contributed by atoms with Gasteiger partial charge in [-0.25, -0.2) is 9.78 Å². The van der Waals surface area contributed by atoms with Crippen LogP contribution in [-0.2, 0) is 34.6 Å². The van der Waals surface area contributed by atoms with E-state index in [0.29, 0.717) is 23.2 Å². The van der Waals surface area contributed by atoms with Gasteiger partial charge in [0.05, 0.1) is 30.9 Å². The third-order valence-corrected chi connectivity index (χ3v) is 8.03. The predicted molar refractivity (Wildman–Crippen MR) is 119 cm³/mol. The number of aryl methyl sites for hydroxylation is 2. The number of fused-ring (bicyclic) bond motifs is 3. The summed E-state index contributed by atoms with van der Waals surface area (Å²) in [5.41, 5.74) is 1.24. The molecule has 1 aliphatic heterocycles. The lowest BCUT2D eigenvalue weighted by Crippen LogP contribution is -2.29. The fourth-order valence-corrected chi connectivity index (χ4v) is 6.49. The highest BCUT2D eigenvalue weighted by molar-refractivity contribution is 7.98. The predicted octanol–water partition coefficient (Wildman–Crippen LogP) is 4.19. The lowest BCUT2D eigenvalue weighted by molar-refractivity contribution is 0.0563. The molecule has 0 N–H and O–H groups in total. The quantitative estimate of drug-likeness (QED) is 0.310. The summed E-state index contributed by atoms with van der Waals surface area (Å²) >= 11 is 3.11. The second-order valence-electron chi connectivity index (χ2n) is 7.88. The first-order chi connectivity index (χ1) is 15.1. The third-order valence-electron chi connectivity index (χ3n) is 5.84. The van der Waals surface area contributed by atoms with Crippen LogP contribution in [0, 0.1) is 0 Å². The van der Waals surface area contributed by atoms with Gasteiger partial charge in [-0.15, -0.1) is 11.3 Å². The fourth-order valence-electron chi connectivity index (χ4n) is 4.28. The topological polar surface area (TPSA) is 83.6 Å². The summed E-state index contributed by atoms with van der Waals surface area (Å²) in [5, 5.41) is 1.47. The van der Waals surface area contributed by atoms with Crippen LogP contribution in [0.15, 0.2) is 26.5 Å². The van der Waals surface area contributed by atoms with Crippen molar-refractivity contribution < 1.29 is 18.7 Å². The molecule has 0 bridgehead atoms. The molecule has 0 radical (unpaired) electrons. The third kappa shape index (κ3) is 4.06. The molecule has 2 aliphatic rings. The number of carbonyl (C=O) groups is 1. The second-order valence-corrected chi connectivity index (χ2v) is 9.91. The highest BCUT2D eigenvalue weighted by atomic mass is 32.2. The van der Waals surface area contributed by atoms with Crippen molar-refractivity contribution in [1.82, 2.24) is 9.55 Å². The largest absolute Gasteiger partial charge is 0.463 e. The zero-order valence-corrected chi connectivity index (χ0v) is 19.0. The van der Waals surface area contributed by atoms with E-state index in [-0.39, 0.29) is 17.4 Å². The lowest BCUT2D eigenvalue weighted by Gasteiger charge is -2.16. The van der Waals surface area contributed by atoms with Crippen molar-refractivity contribution in [1.29, 1.82) is 0 Å². The van der Waals surface area contributed by atoms with Crippen LogP contribution in [0.3, 0.4) is 0 Å². The van der Waals surface area contributed by atoms with Crippen LogP contribution >= 0.6 is 23.1 Å². The zero-order valence-electron chi connectivity index (χ0n) is 17.3. The maximum Gasteiger partial charge on any atom is 0.373 e. The van der Waals surface area contributed by atoms with Crippen molar-refractivity contribution in [2.75, 3.05) is 13.7 Å². The minimum Gasteiger partial charge on any atom is -0.463 e. The second kappa shape index (κ2) is 8.80. The summed E-state index contributed by atoms with van der Waals surface area (Å²) in [5.74, 6) is 0.763. The number of aromatic nitrogens is 2. The van der Waals surface area contributed by atoms with Crippen molar-refractivity contribution in [3.8, 4) is 0 Å². The first kappa shape index (κ1) is 20.8. The van der Waals surface area contributed by atoms with Crippen LogP contribution in [0.5, 0.6) is 0 Å². The molecule has 0 unspecified atom stereocenters. The number of rotatable bonds is 6. The van der Waals surface area contributed by atoms with Crippen LogP contribution in [0.4, 0.5) is 0 Å². The minimum atomic E-state index is -0.504. The Morgan fingerprint density at radius 2 is 2.19 bits per heavy atom. The summed E-state index contributed by atoms with van der Waals surface area (Å²) < 4.78 is 17.9. The molecule has 1 aliphatic carbocycles. The first-order valence-electron chi connectivity index (χ1n) is 10.6. The monoisotopic (exact) mass is 460 g/mol. The van der Waals surface area contributed by atoms with Crippen LogP contribution < -0.4 is 5.56 Å². The van der Waals surface area contributed by atoms with E-state index < -0.39 is 5.97 Å². The number of methoxy groups -OCH3 is 1. The van der Waals surface area contributed by atoms with E-state index in [0.717, 1.165) is 48.9 Å². The maximum atomic E-state index is 13.6. The molecule has 1 saturated heterocycles. The number of thioether (sulfide) groups is 1. The number of esters is 1. The molecule has 7 nitrogen and oxygen atoms in total. The summed E-state index contributed by atoms with van der Waals surface area (Å²) in [4.78, 5) is 32.3. The SMILES string of the molecule is COC(=O)c1ccc(CSc2nc3sc4c(c3c(=O)n2C[C@H]2CCCO2)CCCC4)o1. The van der Waals surface area contributed by atoms with Crippen molar-refractivity contribution in [2.24, 2.45) is 0 Å². The number of hydrogen-bond acceptors (Lipinski definition) is 8. The molecule has 4 heterocycles. The van der Waals surface area contributed by atoms with Crippen LogP contribution in [0.25, 0.3) is 10.2 Å². The Kier molecular flexibility index (Phi) is 5.90. The van der Waals surface area contributed by atoms with Crippen LogP contribution in [0.2, 0.25) is 0 Å². The van der Waals surface area contributed by atoms with Gasteiger partial charge in [0.2, 0.25) is 5.76 Å². The average Bonchev–Trinajstić information content (AvgIpc) is 3.53. The van der Waals surface area contributed by atoms with Gasteiger partial charge in [-0.05, 0) is 56.2 Å². The molecule has 1 atom stereocenters. The Morgan fingerprint density at radius 3 is 3.00 bits per heavy atom. The Labute approximate surface area is 187 Å². The number of nitrogens with zero attached hydrogens (tertiary/aromatic N) is 2. The Morgan fingerprint density at radius 1 is 1.32 bits per heavy atom. The van der Waals surface area contributed by atoms with Gasteiger partial charge in [-0.3, -0.25) is 9.36 Å². The van der Waals surface area contributed by atoms with Gasteiger partial charge in [-0.2, -0.15) is 0 Å². The fraction of sp³-hybridized carbons (Fsp3) is 0.500. The van der Waals surface area contributed by atoms with E-state index >= 15 is 0 Å². The minimum absolute atomic E-state index is 0.0390. The van der Waals surface area contributed by atoms with Crippen LogP contribution in [0.1, 0.15) is 52.4 Å². The zero-order chi connectivity index (χ0) is 21.4. The van der Waals surface area contributed by atoms with Crippen molar-refractivity contribution in [3.63, 3.8) is 0 Å². The van der Waals surface area contributed by atoms with E-state index in [9.17, 15) is 9.59 Å². The number of hydrogen-bond donors (Lipinski definition) is 0. The lowest BCUT2D eigenvalue weighted by atomic mass is 9.97. The molecule has 3 aromatic rings. The van der Waals surface area contributed by atoms with Crippen molar-refractivity contribution in [3.05, 3.63) is 44.4 Å². The molecule has 0 saturated carbocycles. The van der Waals surface area contributed by atoms with Gasteiger partial charge in [-0.1, -0.05) is 11.8 Å². The molecule has 0 amide bonds. The van der Waals surface area contributed by atoms with E-state index in [2.05, 4.69) is 0 Å². The van der Waals surface area contributed by atoms with E-state index in [4.69, 9.17) is 18.9 Å². The number of furan rings is 1. The van der Waals surface area contributed by atoms with Crippen molar-refractivity contribution >= 4 is 39.3 Å². The highest BCUT2D eigenvalue weighted by Gasteiger charge is 2.25. The summed E-state index contributed by atoms with van der Waals surface area (Å²) in [7, 11) is 1.32. The van der Waals surface area contributed by atoms with Gasteiger partial charge < -0.3 is 13.9 Å². The van der Waals surface area contributed by atoms with E-state index in [1.165, 1.54) is 35.7 Å². The number of thiophene rings is 1. The van der Waals surface area contributed by atoms with Crippen LogP contribution in [-0.4, -0.2) is 35.3 Å². The molecule has 9 heteroatoms. The first-order valence-corrected chi connectivity index (χ1v) is 12.4. The van der Waals surface area contributed by atoms with Gasteiger partial charge in [0.15, 0.2) is 5.16 Å². The number of ether oxygens (including phenoxy) is 2. The molecule has 0 aromatic carbocycles. The molecule has 0 spiro atoms. The Bertz CT molecular complexity index is 1170. The average molecular weight is 461 g/mol. The summed E-state index contributed by atoms with van der Waals surface area (Å²) in [6.45, 7) is 1.26. The van der Waals surface area contributed by atoms with Gasteiger partial charge in [0, 0.05) is 11.5 Å². The Balaban J connectivity index is 1.49. The van der Waals surface area contributed by atoms with Crippen molar-refractivity contribution in [2.45, 2.75) is 62.1 Å². The van der Waals surface area contributed by atoms with Gasteiger partial charge >= 0.3 is 5.97 Å². The maximum absolute atomic E-state index is 13.6. The summed E-state index contributed by atoms with van der Waals surface area (Å²) in [6.07, 6.45) is 6.31. The molecule has 1 fully saturated rings. The molecular weight excluding hydrogens is 436 g/mol. The van der Waals surface area contributed by atoms with Gasteiger partial charge in [0.1, 0.15) is 10.6 Å². The van der Waals surface area contributed by atoms with Gasteiger partial charge in [0.25, 0.3) is 5.56 Å². The highest BCUT2D eigenvalue weighted by Crippen LogP contribution is 2.35. The standard InChI is InChI=1S/C22H24N2O5S2/c1-27-21(26)16-9-8-14(29-16)12-30-22-23-19-18(15-6-2-3-7-17(15)31-19)20(25)24(22)11-13-5-4-10-28-13/h8-9,13H,2-7,10-12H2,1H3/t13-/m1/s1. The molecular formula is C22H24N2O5S2.